The van der Waals surface area contributed by atoms with E-state index in [0.29, 0.717) is 16.4 Å². The van der Waals surface area contributed by atoms with Crippen molar-refractivity contribution < 1.29 is 15.1 Å². The Hall–Kier alpha value is -2.22. The maximum atomic E-state index is 10.8. The predicted molar refractivity (Wildman–Crippen MR) is 86.5 cm³/mol. The van der Waals surface area contributed by atoms with Crippen molar-refractivity contribution in [2.24, 2.45) is 0 Å². The summed E-state index contributed by atoms with van der Waals surface area (Å²) >= 11 is 5.81. The summed E-state index contributed by atoms with van der Waals surface area (Å²) in [5.41, 5.74) is 0.742. The minimum Gasteiger partial charge on any atom is -0.394 e. The smallest absolute Gasteiger partial charge is 0.290 e. The number of hydrogen-bond acceptors (Lipinski definition) is 6. The van der Waals surface area contributed by atoms with Crippen LogP contribution in [0.3, 0.4) is 0 Å². The first kappa shape index (κ1) is 17.1. The van der Waals surface area contributed by atoms with Crippen molar-refractivity contribution in [3.63, 3.8) is 0 Å². The van der Waals surface area contributed by atoms with Crippen molar-refractivity contribution >= 4 is 23.1 Å². The Labute approximate surface area is 137 Å². The third kappa shape index (κ3) is 4.16. The lowest BCUT2D eigenvalue weighted by Gasteiger charge is -2.23. The van der Waals surface area contributed by atoms with Crippen molar-refractivity contribution in [1.82, 2.24) is 4.98 Å². The second-order valence-electron chi connectivity index (χ2n) is 4.99. The number of aliphatic hydroxyl groups excluding tert-OH is 2. The maximum Gasteiger partial charge on any atom is 0.290 e. The molecule has 2 aromatic rings. The molecule has 0 radical (unpaired) electrons. The van der Waals surface area contributed by atoms with E-state index in [2.05, 4.69) is 10.3 Å². The lowest BCUT2D eigenvalue weighted by molar-refractivity contribution is -0.385. The first-order valence-electron chi connectivity index (χ1n) is 6.85. The number of anilines is 1. The van der Waals surface area contributed by atoms with E-state index in [-0.39, 0.29) is 18.0 Å². The number of aliphatic hydroxyl groups is 2. The number of rotatable bonds is 6. The van der Waals surface area contributed by atoms with Crippen molar-refractivity contribution in [1.29, 1.82) is 0 Å². The van der Waals surface area contributed by atoms with Gasteiger partial charge < -0.3 is 15.5 Å². The predicted octanol–water partition coefficient (Wildman–Crippen LogP) is 2.46. The van der Waals surface area contributed by atoms with Gasteiger partial charge in [0, 0.05) is 11.1 Å². The summed E-state index contributed by atoms with van der Waals surface area (Å²) in [4.78, 5) is 14.3. The molecule has 0 unspecified atom stereocenters. The molecule has 0 bridgehead atoms. The molecule has 1 aromatic heterocycles. The van der Waals surface area contributed by atoms with E-state index in [9.17, 15) is 20.3 Å². The van der Waals surface area contributed by atoms with Gasteiger partial charge in [0.1, 0.15) is 17.6 Å². The Morgan fingerprint density at radius 2 is 1.96 bits per heavy atom. The summed E-state index contributed by atoms with van der Waals surface area (Å²) in [6, 6.07) is 8.64. The van der Waals surface area contributed by atoms with Crippen molar-refractivity contribution in [3.8, 4) is 0 Å². The van der Waals surface area contributed by atoms with E-state index in [0.717, 1.165) is 0 Å². The molecule has 0 saturated heterocycles. The van der Waals surface area contributed by atoms with Crippen LogP contribution in [0.25, 0.3) is 0 Å². The van der Waals surface area contributed by atoms with Gasteiger partial charge in [-0.25, -0.2) is 4.98 Å². The highest BCUT2D eigenvalue weighted by atomic mass is 35.5. The zero-order valence-electron chi connectivity index (χ0n) is 12.3. The second-order valence-corrected chi connectivity index (χ2v) is 5.42. The number of benzene rings is 1. The van der Waals surface area contributed by atoms with Crippen molar-refractivity contribution in [2.45, 2.75) is 19.1 Å². The molecule has 0 fully saturated rings. The topological polar surface area (TPSA) is 109 Å². The van der Waals surface area contributed by atoms with E-state index in [4.69, 9.17) is 11.6 Å². The molecular weight excluding hydrogens is 322 g/mol. The minimum absolute atomic E-state index is 0.0886. The third-order valence-corrected chi connectivity index (χ3v) is 3.63. The summed E-state index contributed by atoms with van der Waals surface area (Å²) in [6.45, 7) is 1.17. The highest BCUT2D eigenvalue weighted by Crippen LogP contribution is 2.23. The van der Waals surface area contributed by atoms with Crippen LogP contribution in [-0.2, 0) is 0 Å². The van der Waals surface area contributed by atoms with Crippen LogP contribution in [0.1, 0.15) is 17.4 Å². The Balaban J connectivity index is 2.17. The molecule has 2 atom stereocenters. The average molecular weight is 338 g/mol. The number of hydrogen-bond donors (Lipinski definition) is 3. The number of nitrogens with one attached hydrogen (secondary N) is 1. The number of aromatic nitrogens is 1. The van der Waals surface area contributed by atoms with E-state index >= 15 is 0 Å². The first-order valence-corrected chi connectivity index (χ1v) is 7.23. The third-order valence-electron chi connectivity index (χ3n) is 3.38. The summed E-state index contributed by atoms with van der Waals surface area (Å²) < 4.78 is 0. The van der Waals surface area contributed by atoms with Crippen LogP contribution in [-0.4, -0.2) is 32.8 Å². The molecule has 23 heavy (non-hydrogen) atoms. The van der Waals surface area contributed by atoms with E-state index < -0.39 is 17.1 Å². The van der Waals surface area contributed by atoms with Crippen LogP contribution in [0.4, 0.5) is 11.5 Å². The number of pyridine rings is 1. The Morgan fingerprint density at radius 1 is 1.30 bits per heavy atom. The summed E-state index contributed by atoms with van der Waals surface area (Å²) in [5, 5.41) is 34.1. The number of aryl methyl sites for hydroxylation is 1. The monoisotopic (exact) mass is 337 g/mol. The van der Waals surface area contributed by atoms with Gasteiger partial charge in [-0.15, -0.1) is 0 Å². The van der Waals surface area contributed by atoms with Crippen LogP contribution >= 0.6 is 11.6 Å². The Morgan fingerprint density at radius 3 is 2.48 bits per heavy atom. The fourth-order valence-corrected chi connectivity index (χ4v) is 2.26. The highest BCUT2D eigenvalue weighted by molar-refractivity contribution is 6.30. The maximum absolute atomic E-state index is 10.8. The number of halogens is 1. The van der Waals surface area contributed by atoms with Crippen LogP contribution in [0.2, 0.25) is 5.02 Å². The molecule has 0 aliphatic carbocycles. The highest BCUT2D eigenvalue weighted by Gasteiger charge is 2.21. The first-order chi connectivity index (χ1) is 10.9. The second kappa shape index (κ2) is 7.36. The molecule has 122 valence electrons. The normalized spacial score (nSPS) is 13.4. The minimum atomic E-state index is -0.991. The van der Waals surface area contributed by atoms with Gasteiger partial charge in [0.05, 0.1) is 17.6 Å². The molecule has 0 spiro atoms. The van der Waals surface area contributed by atoms with Crippen molar-refractivity contribution in [3.05, 3.63) is 62.8 Å². The standard InChI is InChI=1S/C15H16ClN3O4/c1-9-13(19(22)23)6-7-14(17-9)18-12(8-20)15(21)10-2-4-11(16)5-3-10/h2-7,12,15,20-21H,8H2,1H3,(H,17,18)/t12-,15+/m0/s1. The molecule has 0 saturated carbocycles. The van der Waals surface area contributed by atoms with E-state index in [1.807, 2.05) is 0 Å². The Kier molecular flexibility index (Phi) is 5.49. The number of nitro groups is 1. The lowest BCUT2D eigenvalue weighted by atomic mass is 10.0. The van der Waals surface area contributed by atoms with Gasteiger partial charge in [0.15, 0.2) is 0 Å². The average Bonchev–Trinajstić information content (AvgIpc) is 2.52. The van der Waals surface area contributed by atoms with Gasteiger partial charge in [-0.1, -0.05) is 23.7 Å². The largest absolute Gasteiger partial charge is 0.394 e. The molecule has 0 aliphatic rings. The molecule has 0 amide bonds. The van der Waals surface area contributed by atoms with Crippen LogP contribution in [0.15, 0.2) is 36.4 Å². The molecule has 8 heteroatoms. The van der Waals surface area contributed by atoms with Crippen LogP contribution in [0, 0.1) is 17.0 Å². The zero-order valence-corrected chi connectivity index (χ0v) is 13.1. The molecule has 0 aliphatic heterocycles. The van der Waals surface area contributed by atoms with Crippen LogP contribution in [0.5, 0.6) is 0 Å². The lowest BCUT2D eigenvalue weighted by Crippen LogP contribution is -2.31. The van der Waals surface area contributed by atoms with Gasteiger partial charge >= 0.3 is 0 Å². The number of nitrogens with zero attached hydrogens (tertiary/aromatic N) is 2. The van der Waals surface area contributed by atoms with Gasteiger partial charge in [-0.05, 0) is 30.7 Å². The van der Waals surface area contributed by atoms with Crippen molar-refractivity contribution in [2.75, 3.05) is 11.9 Å². The molecule has 1 heterocycles. The van der Waals surface area contributed by atoms with E-state index in [1.165, 1.54) is 19.1 Å². The SMILES string of the molecule is Cc1nc(N[C@@H](CO)[C@H](O)c2ccc(Cl)cc2)ccc1[N+](=O)[O-]. The Bertz CT molecular complexity index is 694. The summed E-state index contributed by atoms with van der Waals surface area (Å²) in [6.07, 6.45) is -0.991. The van der Waals surface area contributed by atoms with E-state index in [1.54, 1.807) is 24.3 Å². The van der Waals surface area contributed by atoms with Gasteiger partial charge in [-0.3, -0.25) is 10.1 Å². The molecule has 2 rings (SSSR count). The van der Waals surface area contributed by atoms with Crippen LogP contribution < -0.4 is 5.32 Å². The van der Waals surface area contributed by atoms with Gasteiger partial charge in [-0.2, -0.15) is 0 Å². The van der Waals surface area contributed by atoms with Gasteiger partial charge in [0.2, 0.25) is 0 Å². The molecule has 3 N–H and O–H groups in total. The molecule has 1 aromatic carbocycles. The fraction of sp³-hybridized carbons (Fsp3) is 0.267. The summed E-state index contributed by atoms with van der Waals surface area (Å²) in [5.74, 6) is 0.333. The molecule has 7 nitrogen and oxygen atoms in total. The fourth-order valence-electron chi connectivity index (χ4n) is 2.13. The zero-order chi connectivity index (χ0) is 17.0. The van der Waals surface area contributed by atoms with Gasteiger partial charge in [0.25, 0.3) is 5.69 Å². The summed E-state index contributed by atoms with van der Waals surface area (Å²) in [7, 11) is 0. The molecular formula is C15H16ClN3O4. The quantitative estimate of drug-likeness (QED) is 0.552.